The molecule has 2 N–H and O–H groups in total. The number of benzene rings is 1. The molecule has 0 atom stereocenters. The summed E-state index contributed by atoms with van der Waals surface area (Å²) in [6.07, 6.45) is 0. The molecular weight excluding hydrogens is 304 g/mol. The van der Waals surface area contributed by atoms with Gasteiger partial charge in [-0.15, -0.1) is 0 Å². The lowest BCUT2D eigenvalue weighted by Gasteiger charge is -2.21. The average Bonchev–Trinajstić information content (AvgIpc) is 2.38. The maximum absolute atomic E-state index is 12.5. The first-order valence-corrected chi connectivity index (χ1v) is 8.84. The van der Waals surface area contributed by atoms with Gasteiger partial charge in [-0.25, -0.2) is 22.0 Å². The maximum atomic E-state index is 12.5. The van der Waals surface area contributed by atoms with Gasteiger partial charge in [0, 0.05) is 20.2 Å². The Kier molecular flexibility index (Phi) is 5.66. The van der Waals surface area contributed by atoms with Crippen molar-refractivity contribution in [2.75, 3.05) is 26.8 Å². The van der Waals surface area contributed by atoms with Crippen LogP contribution in [0.2, 0.25) is 0 Å². The average molecular weight is 322 g/mol. The van der Waals surface area contributed by atoms with Crippen LogP contribution in [0.3, 0.4) is 0 Å². The highest BCUT2D eigenvalue weighted by Crippen LogP contribution is 2.22. The third-order valence-electron chi connectivity index (χ3n) is 2.67. The molecule has 0 bridgehead atoms. The van der Waals surface area contributed by atoms with Crippen LogP contribution in [0.25, 0.3) is 0 Å². The predicted octanol–water partition coefficient (Wildman–Crippen LogP) is -0.00900. The minimum Gasteiger partial charge on any atom is -0.383 e. The Morgan fingerprint density at radius 1 is 1.15 bits per heavy atom. The van der Waals surface area contributed by atoms with Gasteiger partial charge in [0.25, 0.3) is 0 Å². The molecule has 0 radical (unpaired) electrons. The van der Waals surface area contributed by atoms with Crippen molar-refractivity contribution in [1.82, 2.24) is 4.31 Å². The number of methoxy groups -OCH3 is 1. The van der Waals surface area contributed by atoms with Crippen molar-refractivity contribution >= 4 is 20.0 Å². The fraction of sp³-hybridized carbons (Fsp3) is 0.455. The molecule has 0 unspecified atom stereocenters. The number of nitrogens with zero attached hydrogens (tertiary/aromatic N) is 1. The molecule has 1 aromatic rings. The molecule has 1 rings (SSSR count). The highest BCUT2D eigenvalue weighted by Gasteiger charge is 2.28. The minimum absolute atomic E-state index is 0.133. The lowest BCUT2D eigenvalue weighted by atomic mass is 10.4. The summed E-state index contributed by atoms with van der Waals surface area (Å²) in [5, 5.41) is 5.06. The summed E-state index contributed by atoms with van der Waals surface area (Å²) in [6.45, 7) is 2.20. The first-order chi connectivity index (χ1) is 9.25. The summed E-state index contributed by atoms with van der Waals surface area (Å²) in [4.78, 5) is -0.726. The van der Waals surface area contributed by atoms with Crippen LogP contribution in [-0.2, 0) is 24.8 Å². The third kappa shape index (κ3) is 3.76. The van der Waals surface area contributed by atoms with Crippen LogP contribution in [0.15, 0.2) is 34.1 Å². The quantitative estimate of drug-likeness (QED) is 0.760. The van der Waals surface area contributed by atoms with Crippen molar-refractivity contribution in [2.24, 2.45) is 5.14 Å². The zero-order valence-electron chi connectivity index (χ0n) is 11.3. The largest absolute Gasteiger partial charge is 0.383 e. The highest BCUT2D eigenvalue weighted by atomic mass is 32.2. The van der Waals surface area contributed by atoms with E-state index in [1.807, 2.05) is 0 Å². The highest BCUT2D eigenvalue weighted by molar-refractivity contribution is 7.92. The number of likely N-dealkylation sites (N-methyl/N-ethyl adjacent to an activating group) is 1. The van der Waals surface area contributed by atoms with Gasteiger partial charge in [0.15, 0.2) is 0 Å². The van der Waals surface area contributed by atoms with E-state index in [0.717, 1.165) is 4.31 Å². The molecular formula is C11H18N2O5S2. The van der Waals surface area contributed by atoms with E-state index in [0.29, 0.717) is 0 Å². The van der Waals surface area contributed by atoms with Crippen molar-refractivity contribution in [3.63, 3.8) is 0 Å². The minimum atomic E-state index is -4.12. The summed E-state index contributed by atoms with van der Waals surface area (Å²) < 4.78 is 54.0. The van der Waals surface area contributed by atoms with E-state index in [-0.39, 0.29) is 24.6 Å². The fourth-order valence-corrected chi connectivity index (χ4v) is 4.47. The van der Waals surface area contributed by atoms with Gasteiger partial charge >= 0.3 is 0 Å². The second-order valence-corrected chi connectivity index (χ2v) is 7.42. The van der Waals surface area contributed by atoms with Crippen LogP contribution in [0, 0.1) is 0 Å². The topological polar surface area (TPSA) is 107 Å². The molecule has 0 aliphatic heterocycles. The van der Waals surface area contributed by atoms with Crippen molar-refractivity contribution in [3.05, 3.63) is 24.3 Å². The van der Waals surface area contributed by atoms with Crippen molar-refractivity contribution in [3.8, 4) is 0 Å². The number of hydrogen-bond acceptors (Lipinski definition) is 5. The first kappa shape index (κ1) is 17.1. The Morgan fingerprint density at radius 3 is 2.15 bits per heavy atom. The standard InChI is InChI=1S/C11H18N2O5S2/c1-3-13(8-9-18-2)20(16,17)11-7-5-4-6-10(11)19(12,14)15/h4-7H,3,8-9H2,1-2H3,(H2,12,14,15). The van der Waals surface area contributed by atoms with Gasteiger partial charge < -0.3 is 4.74 Å². The van der Waals surface area contributed by atoms with E-state index in [4.69, 9.17) is 9.88 Å². The Morgan fingerprint density at radius 2 is 1.70 bits per heavy atom. The molecule has 0 heterocycles. The van der Waals surface area contributed by atoms with E-state index in [1.54, 1.807) is 6.92 Å². The Bertz CT molecular complexity index is 655. The molecule has 9 heteroatoms. The molecule has 20 heavy (non-hydrogen) atoms. The SMILES string of the molecule is CCN(CCOC)S(=O)(=O)c1ccccc1S(N)(=O)=O. The number of primary sulfonamides is 1. The second-order valence-electron chi connectivity index (χ2n) is 3.98. The number of sulfonamides is 2. The number of nitrogens with two attached hydrogens (primary N) is 1. The number of rotatable bonds is 7. The molecule has 0 fully saturated rings. The fourth-order valence-electron chi connectivity index (χ4n) is 1.68. The van der Waals surface area contributed by atoms with E-state index in [9.17, 15) is 16.8 Å². The zero-order chi connectivity index (χ0) is 15.4. The summed E-state index contributed by atoms with van der Waals surface area (Å²) in [7, 11) is -6.60. The molecule has 0 aromatic heterocycles. The third-order valence-corrected chi connectivity index (χ3v) is 5.80. The molecule has 7 nitrogen and oxygen atoms in total. The molecule has 1 aromatic carbocycles. The summed E-state index contributed by atoms with van der Waals surface area (Å²) >= 11 is 0. The molecule has 114 valence electrons. The molecule has 0 saturated heterocycles. The van der Waals surface area contributed by atoms with Crippen molar-refractivity contribution < 1.29 is 21.6 Å². The predicted molar refractivity (Wildman–Crippen MR) is 74.1 cm³/mol. The molecule has 0 saturated carbocycles. The lowest BCUT2D eigenvalue weighted by molar-refractivity contribution is 0.180. The Hall–Kier alpha value is -1.00. The van der Waals surface area contributed by atoms with Crippen LogP contribution < -0.4 is 5.14 Å². The van der Waals surface area contributed by atoms with Crippen molar-refractivity contribution in [2.45, 2.75) is 16.7 Å². The summed E-state index contributed by atoms with van der Waals surface area (Å²) in [5.74, 6) is 0. The van der Waals surface area contributed by atoms with Gasteiger partial charge in [-0.2, -0.15) is 4.31 Å². The number of hydrogen-bond donors (Lipinski definition) is 1. The maximum Gasteiger partial charge on any atom is 0.244 e. The molecule has 0 aliphatic rings. The molecule has 0 aliphatic carbocycles. The van der Waals surface area contributed by atoms with E-state index in [2.05, 4.69) is 0 Å². The van der Waals surface area contributed by atoms with E-state index < -0.39 is 24.9 Å². The monoisotopic (exact) mass is 322 g/mol. The van der Waals surface area contributed by atoms with E-state index in [1.165, 1.54) is 31.4 Å². The van der Waals surface area contributed by atoms with Crippen LogP contribution >= 0.6 is 0 Å². The molecule has 0 spiro atoms. The number of ether oxygens (including phenoxy) is 1. The van der Waals surface area contributed by atoms with Crippen LogP contribution in [0.5, 0.6) is 0 Å². The van der Waals surface area contributed by atoms with Gasteiger partial charge in [0.05, 0.1) is 6.61 Å². The smallest absolute Gasteiger partial charge is 0.244 e. The summed E-state index contributed by atoms with van der Waals surface area (Å²) in [5.41, 5.74) is 0. The zero-order valence-corrected chi connectivity index (χ0v) is 12.9. The van der Waals surface area contributed by atoms with Crippen LogP contribution in [0.4, 0.5) is 0 Å². The molecule has 0 amide bonds. The van der Waals surface area contributed by atoms with Gasteiger partial charge in [-0.1, -0.05) is 19.1 Å². The van der Waals surface area contributed by atoms with Crippen LogP contribution in [-0.4, -0.2) is 47.9 Å². The van der Waals surface area contributed by atoms with E-state index >= 15 is 0 Å². The Labute approximate surface area is 119 Å². The summed E-state index contributed by atoms with van der Waals surface area (Å²) in [6, 6.07) is 5.27. The van der Waals surface area contributed by atoms with Gasteiger partial charge in [0.2, 0.25) is 20.0 Å². The Balaban J connectivity index is 3.35. The van der Waals surface area contributed by atoms with Crippen LogP contribution in [0.1, 0.15) is 6.92 Å². The lowest BCUT2D eigenvalue weighted by Crippen LogP contribution is -2.34. The van der Waals surface area contributed by atoms with Gasteiger partial charge in [-0.3, -0.25) is 0 Å². The first-order valence-electron chi connectivity index (χ1n) is 5.86. The second kappa shape index (κ2) is 6.64. The normalized spacial score (nSPS) is 12.8. The van der Waals surface area contributed by atoms with Gasteiger partial charge in [-0.05, 0) is 12.1 Å². The van der Waals surface area contributed by atoms with Gasteiger partial charge in [0.1, 0.15) is 9.79 Å². The van der Waals surface area contributed by atoms with Crippen molar-refractivity contribution in [1.29, 1.82) is 0 Å².